The van der Waals surface area contributed by atoms with Crippen molar-refractivity contribution in [2.24, 2.45) is 0 Å². The van der Waals surface area contributed by atoms with E-state index in [1.54, 1.807) is 0 Å². The Balaban J connectivity index is 2.78. The fourth-order valence-electron chi connectivity index (χ4n) is 0.938. The van der Waals surface area contributed by atoms with Crippen LogP contribution in [-0.4, -0.2) is 10.8 Å². The van der Waals surface area contributed by atoms with Crippen LogP contribution in [0.3, 0.4) is 0 Å². The van der Waals surface area contributed by atoms with Gasteiger partial charge in [0.2, 0.25) is 0 Å². The molecule has 7 heteroatoms. The molecule has 0 saturated heterocycles. The zero-order valence-electron chi connectivity index (χ0n) is 7.81. The van der Waals surface area contributed by atoms with Crippen LogP contribution in [0.2, 0.25) is 0 Å². The summed E-state index contributed by atoms with van der Waals surface area (Å²) < 4.78 is -0.0877. The molecule has 0 unspecified atom stereocenters. The van der Waals surface area contributed by atoms with E-state index >= 15 is 0 Å². The maximum atomic E-state index is 11.4. The van der Waals surface area contributed by atoms with E-state index in [9.17, 15) is 14.9 Å². The molecule has 1 rings (SSSR count). The molecular formula is C9H6Cl2N2O3. The number of hydrogen-bond acceptors (Lipinski definition) is 3. The predicted octanol–water partition coefficient (Wildman–Crippen LogP) is 2.60. The second-order valence-electron chi connectivity index (χ2n) is 2.71. The molecule has 0 spiro atoms. The quantitative estimate of drug-likeness (QED) is 0.671. The van der Waals surface area contributed by atoms with Crippen LogP contribution in [-0.2, 0) is 0 Å². The number of carbonyl (C=O) groups is 1. The summed E-state index contributed by atoms with van der Waals surface area (Å²) in [5.74, 6) is -0.450. The predicted molar refractivity (Wildman–Crippen MR) is 60.4 cm³/mol. The van der Waals surface area contributed by atoms with Crippen molar-refractivity contribution < 1.29 is 9.72 Å². The van der Waals surface area contributed by atoms with Crippen molar-refractivity contribution in [1.82, 2.24) is 5.32 Å². The van der Waals surface area contributed by atoms with Gasteiger partial charge in [-0.15, -0.1) is 0 Å². The zero-order chi connectivity index (χ0) is 12.1. The zero-order valence-corrected chi connectivity index (χ0v) is 9.33. The molecule has 0 aliphatic rings. The van der Waals surface area contributed by atoms with Crippen molar-refractivity contribution in [3.8, 4) is 0 Å². The van der Waals surface area contributed by atoms with Gasteiger partial charge in [0.1, 0.15) is 4.49 Å². The number of nitrogens with one attached hydrogen (secondary N) is 1. The van der Waals surface area contributed by atoms with Crippen molar-refractivity contribution in [3.05, 3.63) is 50.6 Å². The Morgan fingerprint density at radius 2 is 1.88 bits per heavy atom. The molecule has 0 aromatic heterocycles. The van der Waals surface area contributed by atoms with Gasteiger partial charge < -0.3 is 5.32 Å². The Morgan fingerprint density at radius 3 is 2.31 bits per heavy atom. The van der Waals surface area contributed by atoms with E-state index < -0.39 is 10.8 Å². The fraction of sp³-hybridized carbons (Fsp3) is 0. The summed E-state index contributed by atoms with van der Waals surface area (Å²) in [6, 6.07) is 5.15. The largest absolute Gasteiger partial charge is 0.326 e. The van der Waals surface area contributed by atoms with Gasteiger partial charge in [-0.25, -0.2) is 0 Å². The highest BCUT2D eigenvalue weighted by molar-refractivity contribution is 6.55. The van der Waals surface area contributed by atoms with E-state index in [1.807, 2.05) is 0 Å². The van der Waals surface area contributed by atoms with Crippen LogP contribution in [0.1, 0.15) is 10.4 Å². The maximum absolute atomic E-state index is 11.4. The number of benzene rings is 1. The Labute approximate surface area is 101 Å². The number of hydrogen-bond donors (Lipinski definition) is 1. The van der Waals surface area contributed by atoms with E-state index in [2.05, 4.69) is 5.32 Å². The summed E-state index contributed by atoms with van der Waals surface area (Å²) in [4.78, 5) is 21.2. The van der Waals surface area contributed by atoms with Crippen LogP contribution >= 0.6 is 23.2 Å². The number of nitro groups is 1. The molecule has 84 valence electrons. The van der Waals surface area contributed by atoms with Crippen molar-refractivity contribution in [1.29, 1.82) is 0 Å². The minimum absolute atomic E-state index is 0.0810. The van der Waals surface area contributed by atoms with Gasteiger partial charge in [0.05, 0.1) is 4.92 Å². The van der Waals surface area contributed by atoms with Crippen molar-refractivity contribution in [3.63, 3.8) is 0 Å². The first-order chi connectivity index (χ1) is 7.50. The first kappa shape index (κ1) is 12.5. The number of nitrogens with zero attached hydrogens (tertiary/aromatic N) is 1. The molecule has 1 aromatic carbocycles. The van der Waals surface area contributed by atoms with E-state index in [0.29, 0.717) is 0 Å². The van der Waals surface area contributed by atoms with Gasteiger partial charge in [0, 0.05) is 23.9 Å². The van der Waals surface area contributed by atoms with Crippen LogP contribution in [0.4, 0.5) is 5.69 Å². The third kappa shape index (κ3) is 3.52. The smallest absolute Gasteiger partial charge is 0.269 e. The minimum atomic E-state index is -0.544. The van der Waals surface area contributed by atoms with Crippen LogP contribution in [0.25, 0.3) is 0 Å². The second-order valence-corrected chi connectivity index (χ2v) is 3.72. The van der Waals surface area contributed by atoms with Gasteiger partial charge in [0.25, 0.3) is 11.6 Å². The Hall–Kier alpha value is -1.59. The molecule has 0 saturated carbocycles. The van der Waals surface area contributed by atoms with Gasteiger partial charge in [-0.05, 0) is 12.1 Å². The van der Waals surface area contributed by atoms with Gasteiger partial charge >= 0.3 is 0 Å². The standard InChI is InChI=1S/C9H6Cl2N2O3/c10-8(11)5-12-9(14)6-1-3-7(4-2-6)13(15)16/h1-5H,(H,12,14). The molecule has 0 fully saturated rings. The SMILES string of the molecule is O=C(NC=C(Cl)Cl)c1ccc([N+](=O)[O-])cc1. The van der Waals surface area contributed by atoms with Crippen molar-refractivity contribution in [2.75, 3.05) is 0 Å². The lowest BCUT2D eigenvalue weighted by atomic mass is 10.2. The highest BCUT2D eigenvalue weighted by Crippen LogP contribution is 2.12. The molecule has 1 N–H and O–H groups in total. The lowest BCUT2D eigenvalue weighted by molar-refractivity contribution is -0.384. The summed E-state index contributed by atoms with van der Waals surface area (Å²) in [6.45, 7) is 0. The third-order valence-electron chi connectivity index (χ3n) is 1.65. The molecule has 0 aliphatic carbocycles. The molecule has 16 heavy (non-hydrogen) atoms. The molecule has 0 bridgehead atoms. The minimum Gasteiger partial charge on any atom is -0.326 e. The molecule has 0 aliphatic heterocycles. The molecule has 0 radical (unpaired) electrons. The fourth-order valence-corrected chi connectivity index (χ4v) is 1.05. The lowest BCUT2D eigenvalue weighted by Gasteiger charge is -1.99. The molecule has 1 amide bonds. The summed E-state index contributed by atoms with van der Waals surface area (Å²) in [7, 11) is 0. The normalized spacial score (nSPS) is 9.38. The summed E-state index contributed by atoms with van der Waals surface area (Å²) >= 11 is 10.6. The highest BCUT2D eigenvalue weighted by atomic mass is 35.5. The molecule has 0 atom stereocenters. The number of halogens is 2. The van der Waals surface area contributed by atoms with Crippen molar-refractivity contribution >= 4 is 34.8 Å². The monoisotopic (exact) mass is 260 g/mol. The second kappa shape index (κ2) is 5.48. The van der Waals surface area contributed by atoms with Crippen LogP contribution in [0, 0.1) is 10.1 Å². The first-order valence-corrected chi connectivity index (χ1v) is 4.83. The van der Waals surface area contributed by atoms with Crippen molar-refractivity contribution in [2.45, 2.75) is 0 Å². The van der Waals surface area contributed by atoms with E-state index in [4.69, 9.17) is 23.2 Å². The van der Waals surface area contributed by atoms with Gasteiger partial charge in [0.15, 0.2) is 0 Å². The molecule has 5 nitrogen and oxygen atoms in total. The number of non-ortho nitro benzene ring substituents is 1. The van der Waals surface area contributed by atoms with Crippen LogP contribution in [0.5, 0.6) is 0 Å². The Kier molecular flexibility index (Phi) is 4.28. The number of nitro benzene ring substituents is 1. The van der Waals surface area contributed by atoms with Gasteiger partial charge in [-0.1, -0.05) is 23.2 Å². The molecular weight excluding hydrogens is 255 g/mol. The van der Waals surface area contributed by atoms with E-state index in [-0.39, 0.29) is 15.7 Å². The summed E-state index contributed by atoms with van der Waals surface area (Å²) in [5.41, 5.74) is 0.193. The third-order valence-corrected chi connectivity index (χ3v) is 1.87. The van der Waals surface area contributed by atoms with E-state index in [1.165, 1.54) is 24.3 Å². The number of carbonyl (C=O) groups excluding carboxylic acids is 1. The van der Waals surface area contributed by atoms with Gasteiger partial charge in [-0.3, -0.25) is 14.9 Å². The number of rotatable bonds is 3. The Morgan fingerprint density at radius 1 is 1.31 bits per heavy atom. The molecule has 1 aromatic rings. The number of amides is 1. The van der Waals surface area contributed by atoms with Gasteiger partial charge in [-0.2, -0.15) is 0 Å². The van der Waals surface area contributed by atoms with E-state index in [0.717, 1.165) is 6.20 Å². The molecule has 0 heterocycles. The summed E-state index contributed by atoms with van der Waals surface area (Å²) in [5, 5.41) is 12.7. The highest BCUT2D eigenvalue weighted by Gasteiger charge is 2.08. The topological polar surface area (TPSA) is 72.2 Å². The van der Waals surface area contributed by atoms with Crippen LogP contribution < -0.4 is 5.32 Å². The average Bonchev–Trinajstić information content (AvgIpc) is 2.26. The first-order valence-electron chi connectivity index (χ1n) is 4.07. The summed E-state index contributed by atoms with van der Waals surface area (Å²) in [6.07, 6.45) is 1.12. The Bertz CT molecular complexity index is 439. The lowest BCUT2D eigenvalue weighted by Crippen LogP contribution is -2.16. The average molecular weight is 261 g/mol. The van der Waals surface area contributed by atoms with Crippen LogP contribution in [0.15, 0.2) is 35.0 Å². The maximum Gasteiger partial charge on any atom is 0.269 e.